The molecule has 2 amide bonds. The molecule has 0 bridgehead atoms. The zero-order valence-corrected chi connectivity index (χ0v) is 21.7. The molecular formula is C26H25BrCl2N2O3. The molecular weight excluding hydrogens is 539 g/mol. The van der Waals surface area contributed by atoms with Crippen molar-refractivity contribution in [1.82, 2.24) is 10.2 Å². The average Bonchev–Trinajstić information content (AvgIpc) is 2.82. The van der Waals surface area contributed by atoms with E-state index in [9.17, 15) is 9.59 Å². The van der Waals surface area contributed by atoms with Crippen molar-refractivity contribution in [2.75, 3.05) is 13.2 Å². The quantitative estimate of drug-likeness (QED) is 0.333. The standard InChI is InChI=1S/C26H25BrCl2N2O3/c1-2-30-26(33)23(14-18-6-4-3-5-7-18)31(16-19-8-10-20(27)11-9-19)25(32)17-34-24-13-12-21(28)15-22(24)29/h3-13,15,23H,2,14,16-17H2,1H3,(H,30,33). The van der Waals surface area contributed by atoms with Gasteiger partial charge in [0.15, 0.2) is 6.61 Å². The highest BCUT2D eigenvalue weighted by Gasteiger charge is 2.30. The van der Waals surface area contributed by atoms with Gasteiger partial charge in [-0.2, -0.15) is 0 Å². The molecule has 34 heavy (non-hydrogen) atoms. The number of amides is 2. The monoisotopic (exact) mass is 562 g/mol. The highest BCUT2D eigenvalue weighted by Crippen LogP contribution is 2.27. The van der Waals surface area contributed by atoms with Crippen molar-refractivity contribution < 1.29 is 14.3 Å². The number of ether oxygens (including phenoxy) is 1. The molecule has 5 nitrogen and oxygen atoms in total. The van der Waals surface area contributed by atoms with Gasteiger partial charge in [0.1, 0.15) is 11.8 Å². The number of carbonyl (C=O) groups excluding carboxylic acids is 2. The normalized spacial score (nSPS) is 11.5. The van der Waals surface area contributed by atoms with E-state index in [0.717, 1.165) is 15.6 Å². The second-order valence-corrected chi connectivity index (χ2v) is 9.37. The number of likely N-dealkylation sites (N-methyl/N-ethyl adjacent to an activating group) is 1. The van der Waals surface area contributed by atoms with E-state index in [1.165, 1.54) is 0 Å². The summed E-state index contributed by atoms with van der Waals surface area (Å²) in [4.78, 5) is 28.1. The molecule has 1 atom stereocenters. The molecule has 1 unspecified atom stereocenters. The van der Waals surface area contributed by atoms with E-state index in [4.69, 9.17) is 27.9 Å². The van der Waals surface area contributed by atoms with E-state index in [0.29, 0.717) is 28.8 Å². The van der Waals surface area contributed by atoms with Crippen molar-refractivity contribution in [3.8, 4) is 5.75 Å². The summed E-state index contributed by atoms with van der Waals surface area (Å²) in [5.41, 5.74) is 1.84. The summed E-state index contributed by atoms with van der Waals surface area (Å²) >= 11 is 15.6. The van der Waals surface area contributed by atoms with Gasteiger partial charge in [-0.25, -0.2) is 0 Å². The molecule has 1 N–H and O–H groups in total. The summed E-state index contributed by atoms with van der Waals surface area (Å²) in [7, 11) is 0. The van der Waals surface area contributed by atoms with Crippen molar-refractivity contribution in [3.05, 3.63) is 98.4 Å². The minimum absolute atomic E-state index is 0.221. The molecule has 0 heterocycles. The van der Waals surface area contributed by atoms with E-state index >= 15 is 0 Å². The van der Waals surface area contributed by atoms with Gasteiger partial charge in [-0.3, -0.25) is 9.59 Å². The number of hydrogen-bond donors (Lipinski definition) is 1. The van der Waals surface area contributed by atoms with Crippen LogP contribution in [0, 0.1) is 0 Å². The number of carbonyl (C=O) groups is 2. The predicted molar refractivity (Wildman–Crippen MR) is 139 cm³/mol. The topological polar surface area (TPSA) is 58.6 Å². The Morgan fingerprint density at radius 3 is 2.35 bits per heavy atom. The van der Waals surface area contributed by atoms with Crippen molar-refractivity contribution in [1.29, 1.82) is 0 Å². The molecule has 0 saturated carbocycles. The first kappa shape index (κ1) is 26.1. The first-order valence-electron chi connectivity index (χ1n) is 10.8. The predicted octanol–water partition coefficient (Wildman–Crippen LogP) is 5.91. The summed E-state index contributed by atoms with van der Waals surface area (Å²) in [6, 6.07) is 21.3. The minimum atomic E-state index is -0.720. The van der Waals surface area contributed by atoms with Crippen LogP contribution in [0.1, 0.15) is 18.1 Å². The molecule has 0 saturated heterocycles. The Morgan fingerprint density at radius 1 is 1.00 bits per heavy atom. The van der Waals surface area contributed by atoms with Gasteiger partial charge in [0.2, 0.25) is 5.91 Å². The lowest BCUT2D eigenvalue weighted by atomic mass is 10.0. The van der Waals surface area contributed by atoms with Gasteiger partial charge >= 0.3 is 0 Å². The van der Waals surface area contributed by atoms with Crippen LogP contribution in [-0.2, 0) is 22.6 Å². The lowest BCUT2D eigenvalue weighted by Gasteiger charge is -2.31. The number of nitrogens with zero attached hydrogens (tertiary/aromatic N) is 1. The third-order valence-electron chi connectivity index (χ3n) is 5.13. The van der Waals surface area contributed by atoms with E-state index < -0.39 is 6.04 Å². The largest absolute Gasteiger partial charge is 0.482 e. The summed E-state index contributed by atoms with van der Waals surface area (Å²) in [5.74, 6) is -0.205. The molecule has 0 aliphatic carbocycles. The minimum Gasteiger partial charge on any atom is -0.482 e. The molecule has 178 valence electrons. The maximum Gasteiger partial charge on any atom is 0.261 e. The highest BCUT2D eigenvalue weighted by molar-refractivity contribution is 9.10. The van der Waals surface area contributed by atoms with Gasteiger partial charge < -0.3 is 15.0 Å². The molecule has 8 heteroatoms. The fourth-order valence-corrected chi connectivity index (χ4v) is 4.17. The molecule has 0 aromatic heterocycles. The van der Waals surface area contributed by atoms with Crippen molar-refractivity contribution >= 4 is 50.9 Å². The van der Waals surface area contributed by atoms with Crippen LogP contribution in [-0.4, -0.2) is 35.9 Å². The second kappa shape index (κ2) is 12.8. The number of nitrogens with one attached hydrogen (secondary N) is 1. The summed E-state index contributed by atoms with van der Waals surface area (Å²) in [6.07, 6.45) is 0.372. The van der Waals surface area contributed by atoms with E-state index in [-0.39, 0.29) is 25.0 Å². The molecule has 0 spiro atoms. The first-order valence-corrected chi connectivity index (χ1v) is 12.4. The van der Waals surface area contributed by atoms with Crippen LogP contribution in [0.15, 0.2) is 77.3 Å². The van der Waals surface area contributed by atoms with Crippen LogP contribution >= 0.6 is 39.1 Å². The smallest absolute Gasteiger partial charge is 0.261 e. The Morgan fingerprint density at radius 2 is 1.71 bits per heavy atom. The zero-order chi connectivity index (χ0) is 24.5. The van der Waals surface area contributed by atoms with Gasteiger partial charge in [-0.15, -0.1) is 0 Å². The van der Waals surface area contributed by atoms with E-state index in [1.807, 2.05) is 61.5 Å². The summed E-state index contributed by atoms with van der Waals surface area (Å²) in [5, 5.41) is 3.65. The highest BCUT2D eigenvalue weighted by atomic mass is 79.9. The number of benzene rings is 3. The Balaban J connectivity index is 1.89. The molecule has 0 fully saturated rings. The van der Waals surface area contributed by atoms with Crippen LogP contribution in [0.25, 0.3) is 0 Å². The third kappa shape index (κ3) is 7.49. The first-order chi connectivity index (χ1) is 16.4. The lowest BCUT2D eigenvalue weighted by Crippen LogP contribution is -2.51. The van der Waals surface area contributed by atoms with Gasteiger partial charge in [0.05, 0.1) is 5.02 Å². The third-order valence-corrected chi connectivity index (χ3v) is 6.19. The molecule has 0 aliphatic heterocycles. The zero-order valence-electron chi connectivity index (χ0n) is 18.6. The van der Waals surface area contributed by atoms with E-state index in [2.05, 4.69) is 21.2 Å². The lowest BCUT2D eigenvalue weighted by molar-refractivity contribution is -0.142. The van der Waals surface area contributed by atoms with E-state index in [1.54, 1.807) is 23.1 Å². The van der Waals surface area contributed by atoms with Crippen LogP contribution in [0.4, 0.5) is 0 Å². The Bertz CT molecular complexity index is 1110. The number of hydrogen-bond acceptors (Lipinski definition) is 3. The van der Waals surface area contributed by atoms with Crippen molar-refractivity contribution in [2.45, 2.75) is 25.9 Å². The van der Waals surface area contributed by atoms with Crippen molar-refractivity contribution in [2.24, 2.45) is 0 Å². The van der Waals surface area contributed by atoms with Crippen molar-refractivity contribution in [3.63, 3.8) is 0 Å². The molecule has 0 radical (unpaired) electrons. The molecule has 3 aromatic rings. The SMILES string of the molecule is CCNC(=O)C(Cc1ccccc1)N(Cc1ccc(Br)cc1)C(=O)COc1ccc(Cl)cc1Cl. The van der Waals surface area contributed by atoms with Gasteiger partial charge in [0.25, 0.3) is 5.91 Å². The van der Waals surface area contributed by atoms with Crippen LogP contribution in [0.3, 0.4) is 0 Å². The summed E-state index contributed by atoms with van der Waals surface area (Å²) < 4.78 is 6.64. The van der Waals surface area contributed by atoms with Crippen LogP contribution < -0.4 is 10.1 Å². The fourth-order valence-electron chi connectivity index (χ4n) is 3.45. The molecule has 3 rings (SSSR count). The maximum absolute atomic E-state index is 13.4. The number of rotatable bonds is 10. The average molecular weight is 564 g/mol. The van der Waals surface area contributed by atoms with Gasteiger partial charge in [0, 0.05) is 29.0 Å². The Kier molecular flexibility index (Phi) is 9.81. The van der Waals surface area contributed by atoms with Gasteiger partial charge in [-0.05, 0) is 48.4 Å². The Labute approximate surface area is 218 Å². The summed E-state index contributed by atoms with van der Waals surface area (Å²) in [6.45, 7) is 2.28. The second-order valence-electron chi connectivity index (χ2n) is 7.61. The number of halogens is 3. The molecule has 3 aromatic carbocycles. The fraction of sp³-hybridized carbons (Fsp3) is 0.231. The Hall–Kier alpha value is -2.54. The maximum atomic E-state index is 13.4. The molecule has 0 aliphatic rings. The van der Waals surface area contributed by atoms with Gasteiger partial charge in [-0.1, -0.05) is 81.6 Å². The van der Waals surface area contributed by atoms with Crippen LogP contribution in [0.2, 0.25) is 10.0 Å². The van der Waals surface area contributed by atoms with Crippen LogP contribution in [0.5, 0.6) is 5.75 Å².